The molecule has 0 heterocycles. The van der Waals surface area contributed by atoms with Crippen molar-refractivity contribution in [1.82, 2.24) is 0 Å². The second kappa shape index (κ2) is 5.92. The van der Waals surface area contributed by atoms with Crippen LogP contribution in [0.2, 0.25) is 0 Å². The molecular formula is C22H18O3. The van der Waals surface area contributed by atoms with Crippen molar-refractivity contribution in [3.8, 4) is 0 Å². The van der Waals surface area contributed by atoms with Crippen molar-refractivity contribution in [2.75, 3.05) is 0 Å². The first-order valence-electron chi connectivity index (χ1n) is 8.57. The molecule has 2 aromatic rings. The zero-order chi connectivity index (χ0) is 17.6. The van der Waals surface area contributed by atoms with E-state index in [0.29, 0.717) is 35.1 Å². The Hall–Kier alpha value is -2.81. The minimum absolute atomic E-state index is 0.0419. The fourth-order valence-electron chi connectivity index (χ4n) is 4.00. The Bertz CT molecular complexity index is 921. The number of hydrogen-bond acceptors (Lipinski definition) is 3. The van der Waals surface area contributed by atoms with Crippen LogP contribution in [-0.2, 0) is 11.2 Å². The van der Waals surface area contributed by atoms with Gasteiger partial charge < -0.3 is 0 Å². The molecule has 3 heteroatoms. The smallest absolute Gasteiger partial charge is 0.190 e. The van der Waals surface area contributed by atoms with E-state index in [4.69, 9.17) is 0 Å². The Labute approximate surface area is 146 Å². The third kappa shape index (κ3) is 2.47. The molecule has 0 saturated heterocycles. The van der Waals surface area contributed by atoms with E-state index in [1.165, 1.54) is 0 Å². The molecule has 0 amide bonds. The molecule has 2 aliphatic rings. The van der Waals surface area contributed by atoms with E-state index in [-0.39, 0.29) is 23.3 Å². The van der Waals surface area contributed by atoms with Gasteiger partial charge in [-0.1, -0.05) is 61.5 Å². The lowest BCUT2D eigenvalue weighted by molar-refractivity contribution is -0.122. The van der Waals surface area contributed by atoms with E-state index in [1.54, 1.807) is 31.2 Å². The summed E-state index contributed by atoms with van der Waals surface area (Å²) in [6.45, 7) is 1.75. The zero-order valence-corrected chi connectivity index (χ0v) is 14.0. The number of carbonyl (C=O) groups is 3. The van der Waals surface area contributed by atoms with Crippen LogP contribution in [0.25, 0.3) is 0 Å². The van der Waals surface area contributed by atoms with Gasteiger partial charge in [-0.2, -0.15) is 0 Å². The van der Waals surface area contributed by atoms with Crippen LogP contribution in [0.15, 0.2) is 65.7 Å². The van der Waals surface area contributed by atoms with Crippen molar-refractivity contribution in [3.05, 3.63) is 82.4 Å². The number of allylic oxidation sites excluding steroid dienone is 2. The monoisotopic (exact) mass is 330 g/mol. The molecule has 0 N–H and O–H groups in total. The zero-order valence-electron chi connectivity index (χ0n) is 14.0. The van der Waals surface area contributed by atoms with Gasteiger partial charge in [-0.25, -0.2) is 0 Å². The standard InChI is InChI=1S/C22H18O3/c1-13-18(23)12-15(11-14-7-3-2-4-8-14)20-19(13)21(24)16-9-5-6-10-17(16)22(20)25/h2-10,13,15H,11-12H2,1H3. The number of fused-ring (bicyclic) bond motifs is 1. The first kappa shape index (κ1) is 15.7. The summed E-state index contributed by atoms with van der Waals surface area (Å²) in [6.07, 6.45) is 0.912. The highest BCUT2D eigenvalue weighted by molar-refractivity contribution is 6.29. The Morgan fingerprint density at radius 2 is 1.36 bits per heavy atom. The van der Waals surface area contributed by atoms with E-state index >= 15 is 0 Å². The fraction of sp³-hybridized carbons (Fsp3) is 0.227. The second-order valence-electron chi connectivity index (χ2n) is 6.81. The first-order valence-corrected chi connectivity index (χ1v) is 8.57. The van der Waals surface area contributed by atoms with Gasteiger partial charge in [-0.3, -0.25) is 14.4 Å². The summed E-state index contributed by atoms with van der Waals surface area (Å²) in [5, 5.41) is 0. The van der Waals surface area contributed by atoms with Crippen molar-refractivity contribution in [3.63, 3.8) is 0 Å². The van der Waals surface area contributed by atoms with Crippen LogP contribution in [0.1, 0.15) is 39.6 Å². The second-order valence-corrected chi connectivity index (χ2v) is 6.81. The van der Waals surface area contributed by atoms with E-state index < -0.39 is 5.92 Å². The van der Waals surface area contributed by atoms with E-state index in [0.717, 1.165) is 5.56 Å². The van der Waals surface area contributed by atoms with Gasteiger partial charge >= 0.3 is 0 Å². The highest BCUT2D eigenvalue weighted by Crippen LogP contribution is 2.41. The van der Waals surface area contributed by atoms with Gasteiger partial charge in [0.1, 0.15) is 5.78 Å². The predicted molar refractivity (Wildman–Crippen MR) is 94.6 cm³/mol. The Morgan fingerprint density at radius 1 is 0.800 bits per heavy atom. The summed E-state index contributed by atoms with van der Waals surface area (Å²) in [5.74, 6) is -0.952. The molecule has 0 radical (unpaired) electrons. The number of benzene rings is 2. The number of hydrogen-bond donors (Lipinski definition) is 0. The number of ketones is 3. The van der Waals surface area contributed by atoms with E-state index in [9.17, 15) is 14.4 Å². The maximum absolute atomic E-state index is 13.1. The Kier molecular flexibility index (Phi) is 3.72. The molecule has 3 nitrogen and oxygen atoms in total. The Balaban J connectivity index is 1.84. The van der Waals surface area contributed by atoms with Crippen molar-refractivity contribution < 1.29 is 14.4 Å². The van der Waals surface area contributed by atoms with Gasteiger partial charge in [-0.05, 0) is 17.9 Å². The van der Waals surface area contributed by atoms with Crippen molar-refractivity contribution >= 4 is 17.3 Å². The van der Waals surface area contributed by atoms with Crippen molar-refractivity contribution in [2.24, 2.45) is 11.8 Å². The van der Waals surface area contributed by atoms with Gasteiger partial charge in [0.05, 0.1) is 0 Å². The van der Waals surface area contributed by atoms with Crippen LogP contribution >= 0.6 is 0 Å². The average molecular weight is 330 g/mol. The maximum Gasteiger partial charge on any atom is 0.190 e. The molecule has 2 unspecified atom stereocenters. The van der Waals surface area contributed by atoms with Gasteiger partial charge in [0, 0.05) is 34.6 Å². The lowest BCUT2D eigenvalue weighted by atomic mass is 9.67. The molecule has 0 fully saturated rings. The molecule has 0 saturated carbocycles. The van der Waals surface area contributed by atoms with E-state index in [1.807, 2.05) is 30.3 Å². The van der Waals surface area contributed by atoms with Crippen LogP contribution in [-0.4, -0.2) is 17.3 Å². The van der Waals surface area contributed by atoms with Gasteiger partial charge in [0.25, 0.3) is 0 Å². The molecule has 0 aromatic heterocycles. The normalized spacial score (nSPS) is 22.7. The molecule has 2 aromatic carbocycles. The highest BCUT2D eigenvalue weighted by Gasteiger charge is 2.43. The van der Waals surface area contributed by atoms with Gasteiger partial charge in [0.15, 0.2) is 11.6 Å². The number of carbonyl (C=O) groups excluding carboxylic acids is 3. The Morgan fingerprint density at radius 3 is 2.00 bits per heavy atom. The van der Waals surface area contributed by atoms with Crippen LogP contribution in [0, 0.1) is 11.8 Å². The third-order valence-electron chi connectivity index (χ3n) is 5.29. The number of Topliss-reactive ketones (excluding diaryl/α,β-unsaturated/α-hetero) is 3. The average Bonchev–Trinajstić information content (AvgIpc) is 2.63. The molecule has 0 spiro atoms. The SMILES string of the molecule is CC1C(=O)CC(Cc2ccccc2)C2=C1C(=O)c1ccccc1C2=O. The fourth-order valence-corrected chi connectivity index (χ4v) is 4.00. The van der Waals surface area contributed by atoms with Crippen molar-refractivity contribution in [2.45, 2.75) is 19.8 Å². The highest BCUT2D eigenvalue weighted by atomic mass is 16.1. The van der Waals surface area contributed by atoms with Crippen molar-refractivity contribution in [1.29, 1.82) is 0 Å². The van der Waals surface area contributed by atoms with Crippen LogP contribution in [0.3, 0.4) is 0 Å². The lowest BCUT2D eigenvalue weighted by Gasteiger charge is -2.33. The molecule has 0 bridgehead atoms. The summed E-state index contributed by atoms with van der Waals surface area (Å²) in [6, 6.07) is 16.7. The summed E-state index contributed by atoms with van der Waals surface area (Å²) in [4.78, 5) is 38.6. The molecule has 0 aliphatic heterocycles. The first-order chi connectivity index (χ1) is 12.1. The molecule has 2 aliphatic carbocycles. The van der Waals surface area contributed by atoms with Gasteiger partial charge in [-0.15, -0.1) is 0 Å². The molecule has 2 atom stereocenters. The van der Waals surface area contributed by atoms with Crippen LogP contribution < -0.4 is 0 Å². The largest absolute Gasteiger partial charge is 0.299 e. The maximum atomic E-state index is 13.1. The molecule has 124 valence electrons. The molecule has 25 heavy (non-hydrogen) atoms. The quantitative estimate of drug-likeness (QED) is 0.841. The molecule has 4 rings (SSSR count). The van der Waals surface area contributed by atoms with E-state index in [2.05, 4.69) is 0 Å². The lowest BCUT2D eigenvalue weighted by Crippen LogP contribution is -2.37. The van der Waals surface area contributed by atoms with Gasteiger partial charge in [0.2, 0.25) is 0 Å². The summed E-state index contributed by atoms with van der Waals surface area (Å²) in [7, 11) is 0. The minimum Gasteiger partial charge on any atom is -0.299 e. The third-order valence-corrected chi connectivity index (χ3v) is 5.29. The number of rotatable bonds is 2. The summed E-state index contributed by atoms with van der Waals surface area (Å²) >= 11 is 0. The molecular weight excluding hydrogens is 312 g/mol. The summed E-state index contributed by atoms with van der Waals surface area (Å²) in [5.41, 5.74) is 2.93. The minimum atomic E-state index is -0.508. The van der Waals surface area contributed by atoms with Crippen LogP contribution in [0.5, 0.6) is 0 Å². The summed E-state index contributed by atoms with van der Waals surface area (Å²) < 4.78 is 0. The van der Waals surface area contributed by atoms with Crippen LogP contribution in [0.4, 0.5) is 0 Å². The topological polar surface area (TPSA) is 51.2 Å². The predicted octanol–water partition coefficient (Wildman–Crippen LogP) is 3.83.